The van der Waals surface area contributed by atoms with Crippen LogP contribution in [0.5, 0.6) is 0 Å². The Morgan fingerprint density at radius 1 is 1.19 bits per heavy atom. The fourth-order valence-electron chi connectivity index (χ4n) is 2.07. The SMILES string of the molecule is C[NH+](C)Cc1ccccc1CNC(=O)c1ccc(Cl)nc1. The minimum Gasteiger partial charge on any atom is -0.348 e. The lowest BCUT2D eigenvalue weighted by Gasteiger charge is -2.12. The molecule has 0 saturated heterocycles. The van der Waals surface area contributed by atoms with Gasteiger partial charge in [0, 0.05) is 18.3 Å². The molecule has 0 aliphatic heterocycles. The number of carbonyl (C=O) groups is 1. The summed E-state index contributed by atoms with van der Waals surface area (Å²) in [6.45, 7) is 1.43. The zero-order valence-electron chi connectivity index (χ0n) is 12.2. The number of quaternary nitrogens is 1. The molecule has 0 aliphatic rings. The van der Waals surface area contributed by atoms with Crippen LogP contribution in [0.15, 0.2) is 42.6 Å². The number of nitrogens with zero attached hydrogens (tertiary/aromatic N) is 1. The smallest absolute Gasteiger partial charge is 0.253 e. The number of rotatable bonds is 5. The third-order valence-electron chi connectivity index (χ3n) is 3.09. The van der Waals surface area contributed by atoms with Crippen LogP contribution in [0.3, 0.4) is 0 Å². The maximum Gasteiger partial charge on any atom is 0.253 e. The number of benzene rings is 1. The summed E-state index contributed by atoms with van der Waals surface area (Å²) in [7, 11) is 4.21. The van der Waals surface area contributed by atoms with E-state index in [1.807, 2.05) is 18.2 Å². The summed E-state index contributed by atoms with van der Waals surface area (Å²) in [6, 6.07) is 11.4. The van der Waals surface area contributed by atoms with Crippen molar-refractivity contribution in [3.05, 3.63) is 64.4 Å². The van der Waals surface area contributed by atoms with Crippen molar-refractivity contribution < 1.29 is 9.69 Å². The molecule has 2 N–H and O–H groups in total. The molecule has 1 aromatic heterocycles. The maximum atomic E-state index is 12.1. The van der Waals surface area contributed by atoms with Gasteiger partial charge in [-0.1, -0.05) is 35.9 Å². The number of pyridine rings is 1. The Morgan fingerprint density at radius 2 is 1.90 bits per heavy atom. The first-order valence-electron chi connectivity index (χ1n) is 6.82. The molecule has 4 nitrogen and oxygen atoms in total. The fraction of sp³-hybridized carbons (Fsp3) is 0.250. The second-order valence-electron chi connectivity index (χ2n) is 5.20. The van der Waals surface area contributed by atoms with E-state index < -0.39 is 0 Å². The van der Waals surface area contributed by atoms with Gasteiger partial charge in [-0.25, -0.2) is 4.98 Å². The molecule has 2 rings (SSSR count). The Labute approximate surface area is 129 Å². The quantitative estimate of drug-likeness (QED) is 0.818. The molecule has 0 fully saturated rings. The molecule has 0 unspecified atom stereocenters. The first-order valence-corrected chi connectivity index (χ1v) is 7.19. The van der Waals surface area contributed by atoms with Gasteiger partial charge < -0.3 is 10.2 Å². The van der Waals surface area contributed by atoms with E-state index in [2.05, 4.69) is 30.5 Å². The molecule has 0 aliphatic carbocycles. The van der Waals surface area contributed by atoms with Crippen LogP contribution < -0.4 is 10.2 Å². The lowest BCUT2D eigenvalue weighted by atomic mass is 10.1. The number of hydrogen-bond donors (Lipinski definition) is 2. The van der Waals surface area contributed by atoms with Crippen molar-refractivity contribution in [1.29, 1.82) is 0 Å². The van der Waals surface area contributed by atoms with Crippen LogP contribution in [0.2, 0.25) is 5.15 Å². The van der Waals surface area contributed by atoms with Crippen LogP contribution in [0.4, 0.5) is 0 Å². The molecule has 0 spiro atoms. The Morgan fingerprint density at radius 3 is 2.52 bits per heavy atom. The van der Waals surface area contributed by atoms with Crippen molar-refractivity contribution in [2.45, 2.75) is 13.1 Å². The van der Waals surface area contributed by atoms with Crippen molar-refractivity contribution in [1.82, 2.24) is 10.3 Å². The third-order valence-corrected chi connectivity index (χ3v) is 3.31. The first-order chi connectivity index (χ1) is 10.1. The van der Waals surface area contributed by atoms with E-state index in [1.54, 1.807) is 12.1 Å². The molecule has 1 aromatic carbocycles. The van der Waals surface area contributed by atoms with E-state index in [-0.39, 0.29) is 5.91 Å². The van der Waals surface area contributed by atoms with Gasteiger partial charge in [-0.05, 0) is 17.7 Å². The van der Waals surface area contributed by atoms with Gasteiger partial charge in [0.15, 0.2) is 0 Å². The van der Waals surface area contributed by atoms with Gasteiger partial charge in [0.05, 0.1) is 19.7 Å². The number of carbonyl (C=O) groups excluding carboxylic acids is 1. The number of nitrogens with one attached hydrogen (secondary N) is 2. The van der Waals surface area contributed by atoms with Crippen LogP contribution >= 0.6 is 11.6 Å². The van der Waals surface area contributed by atoms with Crippen molar-refractivity contribution >= 4 is 17.5 Å². The van der Waals surface area contributed by atoms with E-state index in [0.717, 1.165) is 12.1 Å². The van der Waals surface area contributed by atoms with E-state index in [9.17, 15) is 4.79 Å². The van der Waals surface area contributed by atoms with Crippen molar-refractivity contribution in [2.75, 3.05) is 14.1 Å². The topological polar surface area (TPSA) is 46.4 Å². The molecule has 0 saturated carbocycles. The summed E-state index contributed by atoms with van der Waals surface area (Å²) in [5, 5.41) is 3.30. The van der Waals surface area contributed by atoms with E-state index in [0.29, 0.717) is 17.3 Å². The predicted molar refractivity (Wildman–Crippen MR) is 83.4 cm³/mol. The molecule has 0 radical (unpaired) electrons. The average Bonchev–Trinajstić information content (AvgIpc) is 2.46. The Bertz CT molecular complexity index is 611. The molecule has 5 heteroatoms. The molecular weight excluding hydrogens is 286 g/mol. The highest BCUT2D eigenvalue weighted by atomic mass is 35.5. The standard InChI is InChI=1S/C16H18ClN3O/c1-20(2)11-14-6-4-3-5-12(14)9-19-16(21)13-7-8-15(17)18-10-13/h3-8,10H,9,11H2,1-2H3,(H,19,21)/p+1. The molecule has 21 heavy (non-hydrogen) atoms. The van der Waals surface area contributed by atoms with E-state index in [1.165, 1.54) is 16.7 Å². The largest absolute Gasteiger partial charge is 0.348 e. The lowest BCUT2D eigenvalue weighted by Crippen LogP contribution is -3.04. The summed E-state index contributed by atoms with van der Waals surface area (Å²) < 4.78 is 0. The minimum absolute atomic E-state index is 0.147. The average molecular weight is 305 g/mol. The van der Waals surface area contributed by atoms with Gasteiger partial charge in [0.1, 0.15) is 11.7 Å². The van der Waals surface area contributed by atoms with Crippen LogP contribution in [-0.2, 0) is 13.1 Å². The maximum absolute atomic E-state index is 12.1. The van der Waals surface area contributed by atoms with Crippen molar-refractivity contribution in [3.63, 3.8) is 0 Å². The van der Waals surface area contributed by atoms with Gasteiger partial charge in [0.2, 0.25) is 0 Å². The van der Waals surface area contributed by atoms with E-state index >= 15 is 0 Å². The normalized spacial score (nSPS) is 10.7. The molecule has 1 amide bonds. The summed E-state index contributed by atoms with van der Waals surface area (Å²) >= 11 is 5.71. The summed E-state index contributed by atoms with van der Waals surface area (Å²) in [5.41, 5.74) is 2.89. The Kier molecular flexibility index (Phi) is 5.31. The number of hydrogen-bond acceptors (Lipinski definition) is 2. The second-order valence-corrected chi connectivity index (χ2v) is 5.59. The molecular formula is C16H19ClN3O+. The Hall–Kier alpha value is -1.91. The molecule has 110 valence electrons. The minimum atomic E-state index is -0.147. The fourth-order valence-corrected chi connectivity index (χ4v) is 2.18. The highest BCUT2D eigenvalue weighted by Crippen LogP contribution is 2.09. The summed E-state index contributed by atoms with van der Waals surface area (Å²) in [4.78, 5) is 17.3. The van der Waals surface area contributed by atoms with Crippen molar-refractivity contribution in [3.8, 4) is 0 Å². The summed E-state index contributed by atoms with van der Waals surface area (Å²) in [5.74, 6) is -0.147. The van der Waals surface area contributed by atoms with Gasteiger partial charge in [-0.3, -0.25) is 4.79 Å². The number of aromatic nitrogens is 1. The van der Waals surface area contributed by atoms with Gasteiger partial charge in [-0.2, -0.15) is 0 Å². The number of halogens is 1. The molecule has 0 atom stereocenters. The highest BCUT2D eigenvalue weighted by molar-refractivity contribution is 6.29. The predicted octanol–water partition coefficient (Wildman–Crippen LogP) is 1.31. The second kappa shape index (κ2) is 7.20. The molecule has 0 bridgehead atoms. The number of amides is 1. The van der Waals surface area contributed by atoms with Crippen LogP contribution in [0.25, 0.3) is 0 Å². The summed E-state index contributed by atoms with van der Waals surface area (Å²) in [6.07, 6.45) is 1.48. The van der Waals surface area contributed by atoms with Crippen LogP contribution in [0, 0.1) is 0 Å². The molecule has 1 heterocycles. The third kappa shape index (κ3) is 4.55. The van der Waals surface area contributed by atoms with E-state index in [4.69, 9.17) is 11.6 Å². The van der Waals surface area contributed by atoms with Gasteiger partial charge in [-0.15, -0.1) is 0 Å². The van der Waals surface area contributed by atoms with Crippen LogP contribution in [-0.4, -0.2) is 25.0 Å². The zero-order chi connectivity index (χ0) is 15.2. The Balaban J connectivity index is 2.02. The monoisotopic (exact) mass is 304 g/mol. The van der Waals surface area contributed by atoms with Gasteiger partial charge >= 0.3 is 0 Å². The highest BCUT2D eigenvalue weighted by Gasteiger charge is 2.09. The van der Waals surface area contributed by atoms with Crippen molar-refractivity contribution in [2.24, 2.45) is 0 Å². The zero-order valence-corrected chi connectivity index (χ0v) is 12.9. The lowest BCUT2D eigenvalue weighted by molar-refractivity contribution is -0.872. The van der Waals surface area contributed by atoms with Gasteiger partial charge in [0.25, 0.3) is 5.91 Å². The first kappa shape index (κ1) is 15.5. The molecule has 2 aromatic rings. The van der Waals surface area contributed by atoms with Crippen LogP contribution in [0.1, 0.15) is 21.5 Å².